The van der Waals surface area contributed by atoms with Gasteiger partial charge >= 0.3 is 6.03 Å². The molecule has 0 aromatic heterocycles. The summed E-state index contributed by atoms with van der Waals surface area (Å²) in [5.41, 5.74) is 0.578. The molecule has 4 nitrogen and oxygen atoms in total. The van der Waals surface area contributed by atoms with Gasteiger partial charge in [-0.1, -0.05) is 12.1 Å². The van der Waals surface area contributed by atoms with Gasteiger partial charge in [0.15, 0.2) is 0 Å². The first-order chi connectivity index (χ1) is 11.4. The molecular weight excluding hydrogens is 319 g/mol. The van der Waals surface area contributed by atoms with Crippen molar-refractivity contribution in [3.05, 3.63) is 65.5 Å². The molecule has 7 heteroatoms. The first-order valence-corrected chi connectivity index (χ1v) is 7.28. The van der Waals surface area contributed by atoms with E-state index in [2.05, 4.69) is 10.6 Å². The molecule has 0 aliphatic carbocycles. The van der Waals surface area contributed by atoms with Gasteiger partial charge in [-0.05, 0) is 43.9 Å². The molecule has 2 aromatic carbocycles. The Labute approximate surface area is 138 Å². The summed E-state index contributed by atoms with van der Waals surface area (Å²) in [7, 11) is 3.64. The minimum absolute atomic E-state index is 0.200. The lowest BCUT2D eigenvalue weighted by molar-refractivity contribution is 0.243. The second-order valence-corrected chi connectivity index (χ2v) is 5.49. The number of halogens is 3. The average Bonchev–Trinajstić information content (AvgIpc) is 2.52. The molecule has 0 fully saturated rings. The number of rotatable bonds is 5. The van der Waals surface area contributed by atoms with E-state index < -0.39 is 17.7 Å². The summed E-state index contributed by atoms with van der Waals surface area (Å²) in [5, 5.41) is 4.86. The first kappa shape index (κ1) is 17.8. The van der Waals surface area contributed by atoms with E-state index >= 15 is 0 Å². The predicted octanol–water partition coefficient (Wildman–Crippen LogP) is 3.53. The molecule has 1 unspecified atom stereocenters. The Kier molecular flexibility index (Phi) is 5.81. The molecule has 0 bridgehead atoms. The van der Waals surface area contributed by atoms with Crippen LogP contribution in [0.25, 0.3) is 0 Å². The third-order valence-electron chi connectivity index (χ3n) is 3.51. The molecule has 2 N–H and O–H groups in total. The lowest BCUT2D eigenvalue weighted by atomic mass is 10.1. The van der Waals surface area contributed by atoms with Crippen LogP contribution in [0.1, 0.15) is 11.6 Å². The molecule has 0 saturated carbocycles. The molecule has 1 atom stereocenters. The summed E-state index contributed by atoms with van der Waals surface area (Å²) in [6, 6.07) is 7.89. The van der Waals surface area contributed by atoms with Crippen LogP contribution in [-0.2, 0) is 0 Å². The van der Waals surface area contributed by atoms with Crippen molar-refractivity contribution in [1.29, 1.82) is 0 Å². The van der Waals surface area contributed by atoms with Gasteiger partial charge in [0.25, 0.3) is 0 Å². The van der Waals surface area contributed by atoms with Crippen molar-refractivity contribution < 1.29 is 18.0 Å². The van der Waals surface area contributed by atoms with Gasteiger partial charge < -0.3 is 15.5 Å². The van der Waals surface area contributed by atoms with E-state index in [1.165, 1.54) is 12.1 Å². The Morgan fingerprint density at radius 1 is 1.04 bits per heavy atom. The molecular formula is C17H18F3N3O. The topological polar surface area (TPSA) is 44.4 Å². The lowest BCUT2D eigenvalue weighted by Crippen LogP contribution is -2.37. The number of hydrogen-bond acceptors (Lipinski definition) is 2. The van der Waals surface area contributed by atoms with Crippen LogP contribution in [0.15, 0.2) is 42.5 Å². The van der Waals surface area contributed by atoms with Crippen molar-refractivity contribution in [1.82, 2.24) is 10.2 Å². The van der Waals surface area contributed by atoms with E-state index in [0.29, 0.717) is 0 Å². The maximum Gasteiger partial charge on any atom is 0.319 e. The van der Waals surface area contributed by atoms with Crippen molar-refractivity contribution in [2.45, 2.75) is 6.04 Å². The Morgan fingerprint density at radius 3 is 2.29 bits per heavy atom. The maximum atomic E-state index is 13.5. The molecule has 0 heterocycles. The van der Waals surface area contributed by atoms with Crippen molar-refractivity contribution in [3.63, 3.8) is 0 Å². The van der Waals surface area contributed by atoms with E-state index in [-0.39, 0.29) is 24.1 Å². The highest BCUT2D eigenvalue weighted by atomic mass is 19.1. The largest absolute Gasteiger partial charge is 0.336 e. The zero-order chi connectivity index (χ0) is 17.7. The Hall–Kier alpha value is -2.54. The van der Waals surface area contributed by atoms with Crippen LogP contribution in [0, 0.1) is 17.5 Å². The molecule has 24 heavy (non-hydrogen) atoms. The summed E-state index contributed by atoms with van der Waals surface area (Å²) in [6.45, 7) is 0.210. The van der Waals surface area contributed by atoms with Gasteiger partial charge in [0, 0.05) is 12.6 Å². The fourth-order valence-electron chi connectivity index (χ4n) is 2.23. The maximum absolute atomic E-state index is 13.5. The third kappa shape index (κ3) is 4.73. The number of amides is 2. The minimum atomic E-state index is -0.728. The summed E-state index contributed by atoms with van der Waals surface area (Å²) < 4.78 is 39.6. The van der Waals surface area contributed by atoms with E-state index in [0.717, 1.165) is 23.8 Å². The summed E-state index contributed by atoms with van der Waals surface area (Å²) in [5.74, 6) is -1.72. The van der Waals surface area contributed by atoms with Crippen LogP contribution in [0.4, 0.5) is 23.7 Å². The second kappa shape index (κ2) is 7.83. The SMILES string of the molecule is CN(C)C(CNC(=O)Nc1cc(F)ccc1F)c1ccc(F)cc1. The number of anilines is 1. The number of carbonyl (C=O) groups excluding carboxylic acids is 1. The predicted molar refractivity (Wildman–Crippen MR) is 86.2 cm³/mol. The molecule has 0 aliphatic rings. The van der Waals surface area contributed by atoms with Gasteiger partial charge in [-0.2, -0.15) is 0 Å². The quantitative estimate of drug-likeness (QED) is 0.877. The lowest BCUT2D eigenvalue weighted by Gasteiger charge is -2.25. The molecule has 2 aromatic rings. The van der Waals surface area contributed by atoms with Crippen LogP contribution in [-0.4, -0.2) is 31.6 Å². The summed E-state index contributed by atoms with van der Waals surface area (Å²) in [4.78, 5) is 13.8. The molecule has 2 rings (SSSR count). The number of nitrogens with one attached hydrogen (secondary N) is 2. The van der Waals surface area contributed by atoms with Crippen molar-refractivity contribution in [2.75, 3.05) is 26.0 Å². The Balaban J connectivity index is 2.00. The number of likely N-dealkylation sites (N-methyl/N-ethyl adjacent to an activating group) is 1. The Bertz CT molecular complexity index is 705. The molecule has 0 saturated heterocycles. The van der Waals surface area contributed by atoms with Gasteiger partial charge in [0.1, 0.15) is 17.5 Å². The van der Waals surface area contributed by atoms with Crippen LogP contribution in [0.5, 0.6) is 0 Å². The Morgan fingerprint density at radius 2 is 1.67 bits per heavy atom. The van der Waals surface area contributed by atoms with Crippen molar-refractivity contribution in [3.8, 4) is 0 Å². The first-order valence-electron chi connectivity index (χ1n) is 7.28. The van der Waals surface area contributed by atoms with E-state index in [1.54, 1.807) is 12.1 Å². The minimum Gasteiger partial charge on any atom is -0.336 e. The number of nitrogens with zero attached hydrogens (tertiary/aromatic N) is 1. The van der Waals surface area contributed by atoms with E-state index in [1.807, 2.05) is 19.0 Å². The highest BCUT2D eigenvalue weighted by molar-refractivity contribution is 5.89. The normalized spacial score (nSPS) is 12.1. The number of benzene rings is 2. The second-order valence-electron chi connectivity index (χ2n) is 5.49. The fraction of sp³-hybridized carbons (Fsp3) is 0.235. The number of carbonyl (C=O) groups is 1. The molecule has 128 valence electrons. The van der Waals surface area contributed by atoms with Gasteiger partial charge in [0.05, 0.1) is 11.7 Å². The highest BCUT2D eigenvalue weighted by Crippen LogP contribution is 2.18. The molecule has 0 aliphatic heterocycles. The van der Waals surface area contributed by atoms with E-state index in [9.17, 15) is 18.0 Å². The average molecular weight is 337 g/mol. The standard InChI is InChI=1S/C17H18F3N3O/c1-23(2)16(11-3-5-12(18)6-4-11)10-21-17(24)22-15-9-13(19)7-8-14(15)20/h3-9,16H,10H2,1-2H3,(H2,21,22,24). The smallest absolute Gasteiger partial charge is 0.319 e. The summed E-state index contributed by atoms with van der Waals surface area (Å²) in [6.07, 6.45) is 0. The van der Waals surface area contributed by atoms with Crippen molar-refractivity contribution in [2.24, 2.45) is 0 Å². The van der Waals surface area contributed by atoms with Crippen molar-refractivity contribution >= 4 is 11.7 Å². The van der Waals surface area contributed by atoms with Crippen LogP contribution >= 0.6 is 0 Å². The van der Waals surface area contributed by atoms with Gasteiger partial charge in [0.2, 0.25) is 0 Å². The van der Waals surface area contributed by atoms with Crippen LogP contribution in [0.3, 0.4) is 0 Å². The zero-order valence-electron chi connectivity index (χ0n) is 13.3. The number of hydrogen-bond donors (Lipinski definition) is 2. The molecule has 0 spiro atoms. The zero-order valence-corrected chi connectivity index (χ0v) is 13.3. The van der Waals surface area contributed by atoms with Gasteiger partial charge in [-0.25, -0.2) is 18.0 Å². The van der Waals surface area contributed by atoms with E-state index in [4.69, 9.17) is 0 Å². The van der Waals surface area contributed by atoms with Gasteiger partial charge in [-0.15, -0.1) is 0 Å². The van der Waals surface area contributed by atoms with Gasteiger partial charge in [-0.3, -0.25) is 0 Å². The number of urea groups is 1. The molecule has 2 amide bonds. The van der Waals surface area contributed by atoms with Crippen LogP contribution < -0.4 is 10.6 Å². The fourth-order valence-corrected chi connectivity index (χ4v) is 2.23. The van der Waals surface area contributed by atoms with Crippen LogP contribution in [0.2, 0.25) is 0 Å². The summed E-state index contributed by atoms with van der Waals surface area (Å²) >= 11 is 0. The third-order valence-corrected chi connectivity index (χ3v) is 3.51. The monoisotopic (exact) mass is 337 g/mol. The molecule has 0 radical (unpaired) electrons. The highest BCUT2D eigenvalue weighted by Gasteiger charge is 2.16.